The van der Waals surface area contributed by atoms with Gasteiger partial charge in [0.25, 0.3) is 0 Å². The fourth-order valence-corrected chi connectivity index (χ4v) is 2.70. The van der Waals surface area contributed by atoms with Crippen molar-refractivity contribution in [2.45, 2.75) is 13.3 Å². The second-order valence-corrected chi connectivity index (χ2v) is 5.70. The van der Waals surface area contributed by atoms with Crippen molar-refractivity contribution >= 4 is 34.1 Å². The summed E-state index contributed by atoms with van der Waals surface area (Å²) < 4.78 is 26.5. The maximum Gasteiger partial charge on any atom is 0.228 e. The third kappa shape index (κ3) is 3.19. The zero-order chi connectivity index (χ0) is 16.6. The van der Waals surface area contributed by atoms with Gasteiger partial charge in [-0.1, -0.05) is 11.6 Å². The van der Waals surface area contributed by atoms with E-state index in [4.69, 9.17) is 11.6 Å². The number of rotatable bonds is 3. The van der Waals surface area contributed by atoms with Gasteiger partial charge in [0.2, 0.25) is 5.91 Å². The number of aromatic amines is 1. The number of benzene rings is 2. The molecule has 0 fully saturated rings. The number of nitrogens with one attached hydrogen (secondary N) is 2. The largest absolute Gasteiger partial charge is 0.358 e. The van der Waals surface area contributed by atoms with E-state index in [-0.39, 0.29) is 18.0 Å². The third-order valence-corrected chi connectivity index (χ3v) is 3.86. The predicted octanol–water partition coefficient (Wildman–Crippen LogP) is 4.59. The minimum absolute atomic E-state index is 0.0491. The van der Waals surface area contributed by atoms with Crippen LogP contribution < -0.4 is 5.32 Å². The summed E-state index contributed by atoms with van der Waals surface area (Å²) in [5, 5.41) is 3.88. The molecule has 0 bridgehead atoms. The number of hydrogen-bond donors (Lipinski definition) is 2. The van der Waals surface area contributed by atoms with Crippen LogP contribution in [0.2, 0.25) is 5.02 Å². The predicted molar refractivity (Wildman–Crippen MR) is 86.7 cm³/mol. The molecular formula is C17H13ClF2N2O. The second-order valence-electron chi connectivity index (χ2n) is 5.27. The Hall–Kier alpha value is -2.40. The normalized spacial score (nSPS) is 11.0. The topological polar surface area (TPSA) is 44.9 Å². The lowest BCUT2D eigenvalue weighted by Gasteiger charge is -2.07. The van der Waals surface area contributed by atoms with E-state index in [1.54, 1.807) is 12.1 Å². The summed E-state index contributed by atoms with van der Waals surface area (Å²) in [6.45, 7) is 1.86. The van der Waals surface area contributed by atoms with Gasteiger partial charge in [-0.25, -0.2) is 8.78 Å². The Bertz CT molecular complexity index is 905. The molecule has 0 radical (unpaired) electrons. The average molecular weight is 335 g/mol. The number of aryl methyl sites for hydroxylation is 1. The van der Waals surface area contributed by atoms with Crippen LogP contribution in [0.3, 0.4) is 0 Å². The maximum absolute atomic E-state index is 13.6. The number of hydrogen-bond acceptors (Lipinski definition) is 1. The van der Waals surface area contributed by atoms with Crippen molar-refractivity contribution in [3.63, 3.8) is 0 Å². The van der Waals surface area contributed by atoms with Gasteiger partial charge < -0.3 is 10.3 Å². The highest BCUT2D eigenvalue weighted by molar-refractivity contribution is 6.31. The molecule has 2 aromatic carbocycles. The van der Waals surface area contributed by atoms with Crippen molar-refractivity contribution in [2.75, 3.05) is 5.32 Å². The molecule has 3 aromatic rings. The van der Waals surface area contributed by atoms with Gasteiger partial charge in [0.05, 0.1) is 12.1 Å². The number of H-pyrrole nitrogens is 1. The van der Waals surface area contributed by atoms with E-state index < -0.39 is 11.6 Å². The summed E-state index contributed by atoms with van der Waals surface area (Å²) in [6.07, 6.45) is 0.0585. The Morgan fingerprint density at radius 3 is 2.74 bits per heavy atom. The van der Waals surface area contributed by atoms with Crippen LogP contribution in [0.5, 0.6) is 0 Å². The summed E-state index contributed by atoms with van der Waals surface area (Å²) in [4.78, 5) is 15.4. The van der Waals surface area contributed by atoms with E-state index in [0.717, 1.165) is 34.3 Å². The van der Waals surface area contributed by atoms with Gasteiger partial charge in [-0.15, -0.1) is 0 Å². The summed E-state index contributed by atoms with van der Waals surface area (Å²) in [5.74, 6) is -1.89. The van der Waals surface area contributed by atoms with Crippen LogP contribution in [0.25, 0.3) is 10.9 Å². The van der Waals surface area contributed by atoms with Crippen molar-refractivity contribution in [2.24, 2.45) is 0 Å². The van der Waals surface area contributed by atoms with Crippen molar-refractivity contribution in [1.82, 2.24) is 4.98 Å². The smallest absolute Gasteiger partial charge is 0.228 e. The molecule has 23 heavy (non-hydrogen) atoms. The third-order valence-electron chi connectivity index (χ3n) is 3.62. The van der Waals surface area contributed by atoms with Crippen LogP contribution >= 0.6 is 11.6 Å². The highest BCUT2D eigenvalue weighted by Gasteiger charge is 2.14. The van der Waals surface area contributed by atoms with Gasteiger partial charge in [0.1, 0.15) is 11.6 Å². The summed E-state index contributed by atoms with van der Waals surface area (Å²) in [5.41, 5.74) is 2.47. The van der Waals surface area contributed by atoms with Crippen LogP contribution in [0.1, 0.15) is 11.3 Å². The first-order valence-electron chi connectivity index (χ1n) is 6.95. The second kappa shape index (κ2) is 6.01. The Morgan fingerprint density at radius 2 is 2.00 bits per heavy atom. The van der Waals surface area contributed by atoms with Gasteiger partial charge in [0.15, 0.2) is 0 Å². The zero-order valence-electron chi connectivity index (χ0n) is 12.2. The van der Waals surface area contributed by atoms with E-state index in [1.807, 2.05) is 13.0 Å². The molecule has 2 N–H and O–H groups in total. The van der Waals surface area contributed by atoms with Crippen LogP contribution in [0.15, 0.2) is 36.4 Å². The van der Waals surface area contributed by atoms with E-state index in [2.05, 4.69) is 10.3 Å². The fraction of sp³-hybridized carbons (Fsp3) is 0.118. The molecule has 0 aliphatic carbocycles. The molecule has 0 unspecified atom stereocenters. The van der Waals surface area contributed by atoms with Crippen LogP contribution in [-0.4, -0.2) is 10.9 Å². The Morgan fingerprint density at radius 1 is 1.22 bits per heavy atom. The molecular weight excluding hydrogens is 322 g/mol. The number of carbonyl (C=O) groups excluding carboxylic acids is 1. The highest BCUT2D eigenvalue weighted by atomic mass is 35.5. The molecule has 0 aliphatic heterocycles. The lowest BCUT2D eigenvalue weighted by molar-refractivity contribution is -0.115. The first-order valence-corrected chi connectivity index (χ1v) is 7.33. The Kier molecular flexibility index (Phi) is 4.05. The highest BCUT2D eigenvalue weighted by Crippen LogP contribution is 2.26. The number of carbonyl (C=O) groups is 1. The molecule has 0 atom stereocenters. The number of fused-ring (bicyclic) bond motifs is 1. The van der Waals surface area contributed by atoms with Crippen molar-refractivity contribution in [3.8, 4) is 0 Å². The molecule has 0 spiro atoms. The molecule has 1 amide bonds. The van der Waals surface area contributed by atoms with Gasteiger partial charge in [-0.2, -0.15) is 0 Å². The standard InChI is InChI=1S/C17H13ClF2N2O/c1-9-12(13-6-10(18)2-4-15(13)21-9)8-17(23)22-16-5-3-11(19)7-14(16)20/h2-7,21H,8H2,1H3,(H,22,23). The summed E-state index contributed by atoms with van der Waals surface area (Å²) in [7, 11) is 0. The van der Waals surface area contributed by atoms with Gasteiger partial charge in [-0.3, -0.25) is 4.79 Å². The minimum atomic E-state index is -0.808. The lowest BCUT2D eigenvalue weighted by atomic mass is 10.1. The SMILES string of the molecule is Cc1[nH]c2ccc(Cl)cc2c1CC(=O)Nc1ccc(F)cc1F. The molecule has 0 aliphatic rings. The van der Waals surface area contributed by atoms with Gasteiger partial charge >= 0.3 is 0 Å². The first-order chi connectivity index (χ1) is 10.9. The van der Waals surface area contributed by atoms with Crippen molar-refractivity contribution in [3.05, 3.63) is 64.3 Å². The lowest BCUT2D eigenvalue weighted by Crippen LogP contribution is -2.15. The first kappa shape index (κ1) is 15.5. The zero-order valence-corrected chi connectivity index (χ0v) is 13.0. The van der Waals surface area contributed by atoms with E-state index in [1.165, 1.54) is 6.07 Å². The number of anilines is 1. The fourth-order valence-electron chi connectivity index (χ4n) is 2.53. The molecule has 0 saturated heterocycles. The molecule has 118 valence electrons. The molecule has 1 aromatic heterocycles. The summed E-state index contributed by atoms with van der Waals surface area (Å²) in [6, 6.07) is 8.40. The van der Waals surface area contributed by atoms with Crippen molar-refractivity contribution < 1.29 is 13.6 Å². The van der Waals surface area contributed by atoms with Gasteiger partial charge in [-0.05, 0) is 42.8 Å². The molecule has 0 saturated carbocycles. The Balaban J connectivity index is 1.85. The maximum atomic E-state index is 13.6. The minimum Gasteiger partial charge on any atom is -0.358 e. The number of amides is 1. The quantitative estimate of drug-likeness (QED) is 0.723. The van der Waals surface area contributed by atoms with Crippen LogP contribution in [0.4, 0.5) is 14.5 Å². The monoisotopic (exact) mass is 334 g/mol. The molecule has 1 heterocycles. The molecule has 3 rings (SSSR count). The van der Waals surface area contributed by atoms with E-state index in [0.29, 0.717) is 5.02 Å². The Labute approximate surface area is 136 Å². The van der Waals surface area contributed by atoms with Crippen molar-refractivity contribution in [1.29, 1.82) is 0 Å². The molecule has 3 nitrogen and oxygen atoms in total. The molecule has 6 heteroatoms. The number of aromatic nitrogens is 1. The van der Waals surface area contributed by atoms with E-state index >= 15 is 0 Å². The van der Waals surface area contributed by atoms with E-state index in [9.17, 15) is 13.6 Å². The average Bonchev–Trinajstić information content (AvgIpc) is 2.78. The summed E-state index contributed by atoms with van der Waals surface area (Å²) >= 11 is 6.00. The number of halogens is 3. The van der Waals surface area contributed by atoms with Gasteiger partial charge in [0, 0.05) is 27.7 Å². The van der Waals surface area contributed by atoms with Crippen LogP contribution in [0, 0.1) is 18.6 Å². The van der Waals surface area contributed by atoms with Crippen LogP contribution in [-0.2, 0) is 11.2 Å².